The molecule has 3 nitrogen and oxygen atoms in total. The largest absolute Gasteiger partial charge is 0.341 e. The van der Waals surface area contributed by atoms with Gasteiger partial charge in [0.15, 0.2) is 0 Å². The number of hydrogen-bond acceptors (Lipinski definition) is 2. The molecule has 2 atom stereocenters. The number of hydrogen-bond donors (Lipinski definition) is 1. The first kappa shape index (κ1) is 15.0. The normalized spacial score (nSPS) is 25.7. The number of carbonyl (C=O) groups excluding carboxylic acids is 1. The van der Waals surface area contributed by atoms with Crippen LogP contribution in [0.4, 0.5) is 0 Å². The summed E-state index contributed by atoms with van der Waals surface area (Å²) < 4.78 is 0. The lowest BCUT2D eigenvalue weighted by atomic mass is 9.83. The maximum Gasteiger partial charge on any atom is 0.230 e. The van der Waals surface area contributed by atoms with Crippen molar-refractivity contribution in [3.8, 4) is 0 Å². The summed E-state index contributed by atoms with van der Waals surface area (Å²) in [5.41, 5.74) is 8.26. The molecule has 2 N–H and O–H groups in total. The Morgan fingerprint density at radius 3 is 2.45 bits per heavy atom. The number of nitrogens with two attached hydrogens (primary N) is 1. The molecule has 0 aromatic heterocycles. The summed E-state index contributed by atoms with van der Waals surface area (Å²) in [5, 5.41) is 0. The molecule has 2 unspecified atom stereocenters. The number of amides is 1. The van der Waals surface area contributed by atoms with Gasteiger partial charge in [-0.1, -0.05) is 37.6 Å². The highest BCUT2D eigenvalue weighted by atomic mass is 16.2. The zero-order chi connectivity index (χ0) is 14.8. The summed E-state index contributed by atoms with van der Waals surface area (Å²) in [6, 6.07) is 8.49. The summed E-state index contributed by atoms with van der Waals surface area (Å²) in [4.78, 5) is 14.5. The van der Waals surface area contributed by atoms with Crippen molar-refractivity contribution in [3.63, 3.8) is 0 Å². The number of aryl methyl sites for hydroxylation is 1. The molecule has 1 aromatic rings. The minimum Gasteiger partial charge on any atom is -0.341 e. The Balaban J connectivity index is 2.03. The SMILES string of the molecule is CCc1ccc(CN(C)C(=O)C2(C)CCCC2N)cc1. The van der Waals surface area contributed by atoms with Crippen LogP contribution in [0.3, 0.4) is 0 Å². The average Bonchev–Trinajstić information content (AvgIpc) is 2.79. The van der Waals surface area contributed by atoms with E-state index in [1.165, 1.54) is 11.1 Å². The maximum atomic E-state index is 12.7. The molecule has 110 valence electrons. The molecule has 0 saturated heterocycles. The van der Waals surface area contributed by atoms with Gasteiger partial charge < -0.3 is 10.6 Å². The van der Waals surface area contributed by atoms with Crippen molar-refractivity contribution >= 4 is 5.91 Å². The maximum absolute atomic E-state index is 12.7. The Kier molecular flexibility index (Phi) is 4.48. The second kappa shape index (κ2) is 5.96. The number of carbonyl (C=O) groups is 1. The zero-order valence-corrected chi connectivity index (χ0v) is 12.9. The van der Waals surface area contributed by atoms with Gasteiger partial charge in [-0.15, -0.1) is 0 Å². The Bertz CT molecular complexity index is 468. The molecular formula is C17H26N2O. The fraction of sp³-hybridized carbons (Fsp3) is 0.588. The third kappa shape index (κ3) is 2.88. The van der Waals surface area contributed by atoms with Gasteiger partial charge in [0.1, 0.15) is 0 Å². The average molecular weight is 274 g/mol. The summed E-state index contributed by atoms with van der Waals surface area (Å²) in [5.74, 6) is 0.182. The van der Waals surface area contributed by atoms with Crippen molar-refractivity contribution in [1.29, 1.82) is 0 Å². The monoisotopic (exact) mass is 274 g/mol. The van der Waals surface area contributed by atoms with E-state index in [1.54, 1.807) is 0 Å². The van der Waals surface area contributed by atoms with Crippen molar-refractivity contribution in [1.82, 2.24) is 4.90 Å². The lowest BCUT2D eigenvalue weighted by molar-refractivity contribution is -0.140. The second-order valence-electron chi connectivity index (χ2n) is 6.25. The van der Waals surface area contributed by atoms with Gasteiger partial charge in [0.25, 0.3) is 0 Å². The van der Waals surface area contributed by atoms with Gasteiger partial charge in [-0.25, -0.2) is 0 Å². The van der Waals surface area contributed by atoms with E-state index in [1.807, 2.05) is 18.9 Å². The fourth-order valence-corrected chi connectivity index (χ4v) is 3.12. The quantitative estimate of drug-likeness (QED) is 0.917. The second-order valence-corrected chi connectivity index (χ2v) is 6.25. The first-order chi connectivity index (χ1) is 9.47. The van der Waals surface area contributed by atoms with Crippen LogP contribution in [0, 0.1) is 5.41 Å². The highest BCUT2D eigenvalue weighted by Crippen LogP contribution is 2.38. The van der Waals surface area contributed by atoms with Gasteiger partial charge in [-0.2, -0.15) is 0 Å². The lowest BCUT2D eigenvalue weighted by Crippen LogP contribution is -2.47. The van der Waals surface area contributed by atoms with E-state index in [9.17, 15) is 4.79 Å². The van der Waals surface area contributed by atoms with E-state index >= 15 is 0 Å². The van der Waals surface area contributed by atoms with Crippen molar-refractivity contribution in [2.75, 3.05) is 7.05 Å². The highest BCUT2D eigenvalue weighted by Gasteiger charge is 2.44. The predicted molar refractivity (Wildman–Crippen MR) is 82.2 cm³/mol. The number of benzene rings is 1. The van der Waals surface area contributed by atoms with Crippen molar-refractivity contribution in [3.05, 3.63) is 35.4 Å². The predicted octanol–water partition coefficient (Wildman–Crippen LogP) is 2.72. The molecule has 0 radical (unpaired) electrons. The van der Waals surface area contributed by atoms with Crippen LogP contribution in [-0.2, 0) is 17.8 Å². The van der Waals surface area contributed by atoms with Crippen LogP contribution in [0.25, 0.3) is 0 Å². The minimum absolute atomic E-state index is 0.0000765. The van der Waals surface area contributed by atoms with E-state index in [4.69, 9.17) is 5.73 Å². The molecule has 3 heteroatoms. The molecule has 1 amide bonds. The molecule has 0 aliphatic heterocycles. The molecule has 20 heavy (non-hydrogen) atoms. The van der Waals surface area contributed by atoms with Crippen LogP contribution in [0.2, 0.25) is 0 Å². The van der Waals surface area contributed by atoms with Crippen LogP contribution < -0.4 is 5.73 Å². The minimum atomic E-state index is -0.377. The Labute approximate surface area is 122 Å². The van der Waals surface area contributed by atoms with Crippen molar-refractivity contribution in [2.24, 2.45) is 11.1 Å². The topological polar surface area (TPSA) is 46.3 Å². The summed E-state index contributed by atoms with van der Waals surface area (Å²) in [7, 11) is 1.88. The molecule has 1 fully saturated rings. The van der Waals surface area contributed by atoms with Crippen molar-refractivity contribution < 1.29 is 4.79 Å². The van der Waals surface area contributed by atoms with Crippen LogP contribution in [0.15, 0.2) is 24.3 Å². The van der Waals surface area contributed by atoms with Crippen LogP contribution >= 0.6 is 0 Å². The van der Waals surface area contributed by atoms with E-state index < -0.39 is 0 Å². The Hall–Kier alpha value is -1.35. The van der Waals surface area contributed by atoms with E-state index in [2.05, 4.69) is 31.2 Å². The van der Waals surface area contributed by atoms with E-state index in [0.717, 1.165) is 25.7 Å². The van der Waals surface area contributed by atoms with Gasteiger partial charge in [-0.05, 0) is 37.3 Å². The molecule has 0 heterocycles. The number of nitrogens with zero attached hydrogens (tertiary/aromatic N) is 1. The molecule has 0 bridgehead atoms. The molecule has 1 aromatic carbocycles. The van der Waals surface area contributed by atoms with Crippen LogP contribution in [0.1, 0.15) is 44.2 Å². The first-order valence-corrected chi connectivity index (χ1v) is 7.56. The zero-order valence-electron chi connectivity index (χ0n) is 12.9. The Morgan fingerprint density at radius 2 is 1.95 bits per heavy atom. The van der Waals surface area contributed by atoms with E-state index in [-0.39, 0.29) is 17.4 Å². The standard InChI is InChI=1S/C17H26N2O/c1-4-13-7-9-14(10-8-13)12-19(3)16(20)17(2)11-5-6-15(17)18/h7-10,15H,4-6,11-12,18H2,1-3H3. The molecule has 1 saturated carbocycles. The fourth-order valence-electron chi connectivity index (χ4n) is 3.12. The molecule has 1 aliphatic carbocycles. The number of rotatable bonds is 4. The summed E-state index contributed by atoms with van der Waals surface area (Å²) in [6.45, 7) is 4.82. The van der Waals surface area contributed by atoms with E-state index in [0.29, 0.717) is 6.54 Å². The molecule has 2 rings (SSSR count). The van der Waals surface area contributed by atoms with Gasteiger partial charge in [-0.3, -0.25) is 4.79 Å². The molecular weight excluding hydrogens is 248 g/mol. The highest BCUT2D eigenvalue weighted by molar-refractivity contribution is 5.83. The lowest BCUT2D eigenvalue weighted by Gasteiger charge is -2.32. The van der Waals surface area contributed by atoms with Crippen LogP contribution in [-0.4, -0.2) is 23.9 Å². The molecule has 0 spiro atoms. The Morgan fingerprint density at radius 1 is 1.35 bits per heavy atom. The third-order valence-electron chi connectivity index (χ3n) is 4.72. The van der Waals surface area contributed by atoms with Gasteiger partial charge in [0, 0.05) is 19.6 Å². The summed E-state index contributed by atoms with van der Waals surface area (Å²) in [6.07, 6.45) is 3.97. The van der Waals surface area contributed by atoms with Gasteiger partial charge in [0.05, 0.1) is 5.41 Å². The van der Waals surface area contributed by atoms with Gasteiger partial charge >= 0.3 is 0 Å². The summed E-state index contributed by atoms with van der Waals surface area (Å²) >= 11 is 0. The van der Waals surface area contributed by atoms with Crippen molar-refractivity contribution in [2.45, 2.75) is 52.1 Å². The van der Waals surface area contributed by atoms with Crippen LogP contribution in [0.5, 0.6) is 0 Å². The van der Waals surface area contributed by atoms with Gasteiger partial charge in [0.2, 0.25) is 5.91 Å². The smallest absolute Gasteiger partial charge is 0.230 e. The molecule has 1 aliphatic rings. The third-order valence-corrected chi connectivity index (χ3v) is 4.72. The first-order valence-electron chi connectivity index (χ1n) is 7.56.